The average Bonchev–Trinajstić information content (AvgIpc) is 2.48. The number of hydrogen-bond donors (Lipinski definition) is 1. The topological polar surface area (TPSA) is 47.6 Å². The van der Waals surface area contributed by atoms with Crippen LogP contribution in [0.15, 0.2) is 45.3 Å². The summed E-state index contributed by atoms with van der Waals surface area (Å²) in [6, 6.07) is 10.6. The maximum atomic E-state index is 12.3. The van der Waals surface area contributed by atoms with Crippen LogP contribution in [0.5, 0.6) is 11.5 Å². The van der Waals surface area contributed by atoms with Crippen molar-refractivity contribution in [2.24, 2.45) is 0 Å². The summed E-state index contributed by atoms with van der Waals surface area (Å²) in [6.45, 7) is 0. The largest absolute Gasteiger partial charge is 0.496 e. The van der Waals surface area contributed by atoms with E-state index in [9.17, 15) is 4.79 Å². The van der Waals surface area contributed by atoms with Crippen LogP contribution in [0.3, 0.4) is 0 Å². The lowest BCUT2D eigenvalue weighted by molar-refractivity contribution is 0.102. The van der Waals surface area contributed by atoms with Gasteiger partial charge in [-0.3, -0.25) is 4.79 Å². The molecule has 1 amide bonds. The minimum absolute atomic E-state index is 0.247. The van der Waals surface area contributed by atoms with Gasteiger partial charge in [-0.25, -0.2) is 0 Å². The molecular weight excluding hydrogens is 402 g/mol. The zero-order valence-electron chi connectivity index (χ0n) is 11.4. The summed E-state index contributed by atoms with van der Waals surface area (Å²) >= 11 is 6.72. The highest BCUT2D eigenvalue weighted by Gasteiger charge is 2.13. The molecule has 0 saturated carbocycles. The Hall–Kier alpha value is -1.53. The van der Waals surface area contributed by atoms with E-state index in [1.165, 1.54) is 7.11 Å². The fraction of sp³-hybridized carbons (Fsp3) is 0.133. The van der Waals surface area contributed by atoms with Gasteiger partial charge in [0.2, 0.25) is 0 Å². The molecule has 0 aliphatic heterocycles. The number of carbonyl (C=O) groups excluding carboxylic acids is 1. The molecule has 0 heterocycles. The zero-order chi connectivity index (χ0) is 15.4. The molecule has 0 bridgehead atoms. The van der Waals surface area contributed by atoms with Gasteiger partial charge in [-0.2, -0.15) is 0 Å². The van der Waals surface area contributed by atoms with Crippen molar-refractivity contribution in [1.82, 2.24) is 0 Å². The highest BCUT2D eigenvalue weighted by Crippen LogP contribution is 2.29. The van der Waals surface area contributed by atoms with E-state index in [1.54, 1.807) is 37.4 Å². The number of halogens is 2. The number of rotatable bonds is 4. The summed E-state index contributed by atoms with van der Waals surface area (Å²) in [6.07, 6.45) is 0. The highest BCUT2D eigenvalue weighted by atomic mass is 79.9. The molecule has 1 N–H and O–H groups in total. The second-order valence-electron chi connectivity index (χ2n) is 4.15. The van der Waals surface area contributed by atoms with Crippen molar-refractivity contribution < 1.29 is 14.3 Å². The van der Waals surface area contributed by atoms with E-state index in [0.717, 1.165) is 8.95 Å². The Labute approximate surface area is 139 Å². The van der Waals surface area contributed by atoms with E-state index in [0.29, 0.717) is 22.7 Å². The lowest BCUT2D eigenvalue weighted by Crippen LogP contribution is -2.13. The van der Waals surface area contributed by atoms with Gasteiger partial charge in [0.25, 0.3) is 5.91 Å². The molecule has 0 fully saturated rings. The quantitative estimate of drug-likeness (QED) is 0.802. The second kappa shape index (κ2) is 6.95. The Morgan fingerprint density at radius 3 is 2.38 bits per heavy atom. The molecule has 2 rings (SSSR count). The van der Waals surface area contributed by atoms with Crippen LogP contribution in [0.2, 0.25) is 0 Å². The predicted octanol–water partition coefficient (Wildman–Crippen LogP) is 4.48. The lowest BCUT2D eigenvalue weighted by Gasteiger charge is -2.11. The van der Waals surface area contributed by atoms with Gasteiger partial charge in [0.1, 0.15) is 11.5 Å². The van der Waals surface area contributed by atoms with E-state index in [4.69, 9.17) is 9.47 Å². The number of nitrogens with one attached hydrogen (secondary N) is 1. The number of hydrogen-bond acceptors (Lipinski definition) is 3. The fourth-order valence-corrected chi connectivity index (χ4v) is 2.54. The van der Waals surface area contributed by atoms with Gasteiger partial charge in [-0.1, -0.05) is 15.9 Å². The maximum Gasteiger partial charge on any atom is 0.259 e. The van der Waals surface area contributed by atoms with E-state index in [-0.39, 0.29) is 5.91 Å². The van der Waals surface area contributed by atoms with Crippen LogP contribution >= 0.6 is 31.9 Å². The number of anilines is 1. The minimum atomic E-state index is -0.247. The second-order valence-corrected chi connectivity index (χ2v) is 5.92. The van der Waals surface area contributed by atoms with Crippen molar-refractivity contribution in [2.45, 2.75) is 0 Å². The van der Waals surface area contributed by atoms with Crippen molar-refractivity contribution in [2.75, 3.05) is 19.5 Å². The van der Waals surface area contributed by atoms with Crippen LogP contribution in [-0.4, -0.2) is 20.1 Å². The molecule has 0 aliphatic carbocycles. The molecule has 6 heteroatoms. The first kappa shape index (κ1) is 15.9. The van der Waals surface area contributed by atoms with Crippen LogP contribution in [0, 0.1) is 0 Å². The first-order valence-electron chi connectivity index (χ1n) is 6.03. The SMILES string of the molecule is COc1cc(NC(=O)c2ccc(Br)cc2OC)ccc1Br. The Balaban J connectivity index is 2.26. The summed E-state index contributed by atoms with van der Waals surface area (Å²) in [5.41, 5.74) is 1.10. The van der Waals surface area contributed by atoms with Crippen molar-refractivity contribution in [3.63, 3.8) is 0 Å². The molecule has 0 aromatic heterocycles. The molecule has 0 radical (unpaired) electrons. The number of benzene rings is 2. The highest BCUT2D eigenvalue weighted by molar-refractivity contribution is 9.10. The average molecular weight is 415 g/mol. The van der Waals surface area contributed by atoms with Gasteiger partial charge in [0.15, 0.2) is 0 Å². The van der Waals surface area contributed by atoms with E-state index in [2.05, 4.69) is 37.2 Å². The third-order valence-corrected chi connectivity index (χ3v) is 3.97. The third-order valence-electron chi connectivity index (χ3n) is 2.82. The number of amides is 1. The summed E-state index contributed by atoms with van der Waals surface area (Å²) < 4.78 is 12.1. The van der Waals surface area contributed by atoms with Crippen molar-refractivity contribution in [3.05, 3.63) is 50.9 Å². The first-order valence-corrected chi connectivity index (χ1v) is 7.62. The molecule has 0 saturated heterocycles. The first-order chi connectivity index (χ1) is 10.0. The molecule has 0 aliphatic rings. The molecule has 4 nitrogen and oxygen atoms in total. The molecule has 2 aromatic carbocycles. The molecule has 110 valence electrons. The molecule has 21 heavy (non-hydrogen) atoms. The van der Waals surface area contributed by atoms with Gasteiger partial charge >= 0.3 is 0 Å². The van der Waals surface area contributed by atoms with Crippen molar-refractivity contribution in [3.8, 4) is 11.5 Å². The predicted molar refractivity (Wildman–Crippen MR) is 89.3 cm³/mol. The molecule has 2 aromatic rings. The number of ether oxygens (including phenoxy) is 2. The lowest BCUT2D eigenvalue weighted by atomic mass is 10.2. The van der Waals surface area contributed by atoms with Crippen LogP contribution in [0.1, 0.15) is 10.4 Å². The normalized spacial score (nSPS) is 10.1. The number of carbonyl (C=O) groups is 1. The Morgan fingerprint density at radius 1 is 1.00 bits per heavy atom. The fourth-order valence-electron chi connectivity index (χ4n) is 1.79. The van der Waals surface area contributed by atoms with Crippen molar-refractivity contribution >= 4 is 43.5 Å². The molecular formula is C15H13Br2NO3. The Kier molecular flexibility index (Phi) is 5.25. The van der Waals surface area contributed by atoms with Gasteiger partial charge in [0, 0.05) is 16.2 Å². The Morgan fingerprint density at radius 2 is 1.71 bits per heavy atom. The monoisotopic (exact) mass is 413 g/mol. The van der Waals surface area contributed by atoms with Gasteiger partial charge in [0.05, 0.1) is 24.3 Å². The van der Waals surface area contributed by atoms with Crippen molar-refractivity contribution in [1.29, 1.82) is 0 Å². The Bertz CT molecular complexity index is 674. The minimum Gasteiger partial charge on any atom is -0.496 e. The maximum absolute atomic E-state index is 12.3. The third kappa shape index (κ3) is 3.77. The smallest absolute Gasteiger partial charge is 0.259 e. The zero-order valence-corrected chi connectivity index (χ0v) is 14.6. The number of methoxy groups -OCH3 is 2. The van der Waals surface area contributed by atoms with E-state index < -0.39 is 0 Å². The van der Waals surface area contributed by atoms with Crippen LogP contribution in [0.25, 0.3) is 0 Å². The van der Waals surface area contributed by atoms with E-state index >= 15 is 0 Å². The van der Waals surface area contributed by atoms with Gasteiger partial charge in [-0.15, -0.1) is 0 Å². The summed E-state index contributed by atoms with van der Waals surface area (Å²) in [5.74, 6) is 0.908. The van der Waals surface area contributed by atoms with Gasteiger partial charge in [-0.05, 0) is 46.3 Å². The van der Waals surface area contributed by atoms with Gasteiger partial charge < -0.3 is 14.8 Å². The van der Waals surface area contributed by atoms with Crippen LogP contribution < -0.4 is 14.8 Å². The van der Waals surface area contributed by atoms with Crippen LogP contribution in [0.4, 0.5) is 5.69 Å². The molecule has 0 unspecified atom stereocenters. The summed E-state index contributed by atoms with van der Waals surface area (Å²) in [5, 5.41) is 2.82. The van der Waals surface area contributed by atoms with Crippen LogP contribution in [-0.2, 0) is 0 Å². The van der Waals surface area contributed by atoms with E-state index in [1.807, 2.05) is 6.07 Å². The summed E-state index contributed by atoms with van der Waals surface area (Å²) in [4.78, 5) is 12.3. The standard InChI is InChI=1S/C15H13Br2NO3/c1-20-13-7-9(16)3-5-11(13)15(19)18-10-4-6-12(17)14(8-10)21-2/h3-8H,1-2H3,(H,18,19). The molecule has 0 spiro atoms. The molecule has 0 atom stereocenters. The summed E-state index contributed by atoms with van der Waals surface area (Å²) in [7, 11) is 3.10.